The van der Waals surface area contributed by atoms with E-state index in [1.807, 2.05) is 60.0 Å². The Kier molecular flexibility index (Phi) is 8.32. The fraction of sp³-hybridized carbons (Fsp3) is 0.148. The van der Waals surface area contributed by atoms with E-state index in [2.05, 4.69) is 25.5 Å². The molecule has 1 aromatic heterocycles. The second-order valence-corrected chi connectivity index (χ2v) is 8.84. The molecule has 4 rings (SSSR count). The van der Waals surface area contributed by atoms with Crippen LogP contribution in [-0.2, 0) is 9.53 Å². The number of hydrazone groups is 1. The van der Waals surface area contributed by atoms with Crippen molar-refractivity contribution >= 4 is 29.9 Å². The molecule has 0 unspecified atom stereocenters. The van der Waals surface area contributed by atoms with Crippen molar-refractivity contribution in [3.8, 4) is 22.8 Å². The van der Waals surface area contributed by atoms with E-state index in [9.17, 15) is 9.59 Å². The summed E-state index contributed by atoms with van der Waals surface area (Å²) in [7, 11) is 2.95. The van der Waals surface area contributed by atoms with Crippen molar-refractivity contribution in [3.63, 3.8) is 0 Å². The third-order valence-corrected chi connectivity index (χ3v) is 6.27. The van der Waals surface area contributed by atoms with Crippen LogP contribution in [0.3, 0.4) is 0 Å². The first-order valence-electron chi connectivity index (χ1n) is 11.3. The van der Waals surface area contributed by atoms with Gasteiger partial charge in [0.2, 0.25) is 0 Å². The van der Waals surface area contributed by atoms with Crippen molar-refractivity contribution in [2.24, 2.45) is 5.10 Å². The molecule has 37 heavy (non-hydrogen) atoms. The lowest BCUT2D eigenvalue weighted by Gasteiger charge is -2.11. The van der Waals surface area contributed by atoms with E-state index in [0.717, 1.165) is 28.1 Å². The number of rotatable bonds is 9. The largest absolute Gasteiger partial charge is 0.497 e. The standard InChI is InChI=1S/C27H25N5O4S/c1-18-4-12-22(13-5-18)32-25(20-10-14-23(35-2)15-11-20)30-31-27(32)37-17-24(33)29-28-16-19-6-8-21(9-7-19)26(34)36-3/h4-16H,17H2,1-3H3,(H,29,33). The third-order valence-electron chi connectivity index (χ3n) is 5.34. The number of ether oxygens (including phenoxy) is 2. The number of hydrogen-bond donors (Lipinski definition) is 1. The highest BCUT2D eigenvalue weighted by Gasteiger charge is 2.17. The molecule has 0 spiro atoms. The maximum Gasteiger partial charge on any atom is 0.337 e. The lowest BCUT2D eigenvalue weighted by molar-refractivity contribution is -0.118. The molecule has 0 bridgehead atoms. The summed E-state index contributed by atoms with van der Waals surface area (Å²) in [6.07, 6.45) is 1.50. The zero-order chi connectivity index (χ0) is 26.2. The highest BCUT2D eigenvalue weighted by atomic mass is 32.2. The van der Waals surface area contributed by atoms with Crippen LogP contribution in [0.1, 0.15) is 21.5 Å². The van der Waals surface area contributed by atoms with Crippen molar-refractivity contribution in [2.75, 3.05) is 20.0 Å². The van der Waals surface area contributed by atoms with Crippen LogP contribution in [0.5, 0.6) is 5.75 Å². The maximum absolute atomic E-state index is 12.5. The van der Waals surface area contributed by atoms with Crippen LogP contribution in [-0.4, -0.2) is 52.8 Å². The molecule has 0 saturated heterocycles. The van der Waals surface area contributed by atoms with Gasteiger partial charge in [-0.2, -0.15) is 5.10 Å². The molecule has 0 fully saturated rings. The number of thioether (sulfide) groups is 1. The van der Waals surface area contributed by atoms with E-state index in [1.54, 1.807) is 31.4 Å². The Morgan fingerprint density at radius 3 is 2.32 bits per heavy atom. The molecule has 0 radical (unpaired) electrons. The molecule has 0 aliphatic carbocycles. The van der Waals surface area contributed by atoms with Crippen molar-refractivity contribution in [2.45, 2.75) is 12.1 Å². The van der Waals surface area contributed by atoms with Gasteiger partial charge in [-0.1, -0.05) is 41.6 Å². The van der Waals surface area contributed by atoms with Gasteiger partial charge in [0.25, 0.3) is 5.91 Å². The van der Waals surface area contributed by atoms with E-state index in [4.69, 9.17) is 4.74 Å². The van der Waals surface area contributed by atoms with Gasteiger partial charge in [0, 0.05) is 11.3 Å². The number of aromatic nitrogens is 3. The van der Waals surface area contributed by atoms with Crippen LogP contribution in [0.2, 0.25) is 0 Å². The Morgan fingerprint density at radius 1 is 0.973 bits per heavy atom. The fourth-order valence-electron chi connectivity index (χ4n) is 3.38. The van der Waals surface area contributed by atoms with Crippen molar-refractivity contribution in [1.29, 1.82) is 0 Å². The number of nitrogens with zero attached hydrogens (tertiary/aromatic N) is 4. The number of methoxy groups -OCH3 is 2. The number of esters is 1. The summed E-state index contributed by atoms with van der Waals surface area (Å²) in [5.74, 6) is 0.782. The van der Waals surface area contributed by atoms with Crippen molar-refractivity contribution in [1.82, 2.24) is 20.2 Å². The van der Waals surface area contributed by atoms with Crippen molar-refractivity contribution < 1.29 is 19.1 Å². The second-order valence-electron chi connectivity index (χ2n) is 7.90. The zero-order valence-corrected chi connectivity index (χ0v) is 21.4. The normalized spacial score (nSPS) is 10.9. The summed E-state index contributed by atoms with van der Waals surface area (Å²) in [6, 6.07) is 22.3. The van der Waals surface area contributed by atoms with Crippen LogP contribution in [0.15, 0.2) is 83.1 Å². The van der Waals surface area contributed by atoms with E-state index >= 15 is 0 Å². The smallest absolute Gasteiger partial charge is 0.337 e. The zero-order valence-electron chi connectivity index (χ0n) is 20.5. The fourth-order valence-corrected chi connectivity index (χ4v) is 4.13. The van der Waals surface area contributed by atoms with Gasteiger partial charge in [-0.05, 0) is 61.0 Å². The van der Waals surface area contributed by atoms with Crippen molar-refractivity contribution in [3.05, 3.63) is 89.5 Å². The minimum Gasteiger partial charge on any atom is -0.497 e. The predicted molar refractivity (Wildman–Crippen MR) is 142 cm³/mol. The quantitative estimate of drug-likeness (QED) is 0.153. The SMILES string of the molecule is COC(=O)c1ccc(C=NNC(=O)CSc2nnc(-c3ccc(OC)cc3)n2-c2ccc(C)cc2)cc1. The van der Waals surface area contributed by atoms with Gasteiger partial charge in [0.1, 0.15) is 5.75 Å². The van der Waals surface area contributed by atoms with E-state index in [-0.39, 0.29) is 11.7 Å². The molecule has 1 N–H and O–H groups in total. The van der Waals surface area contributed by atoms with E-state index in [0.29, 0.717) is 16.5 Å². The number of benzene rings is 3. The third kappa shape index (κ3) is 6.42. The molecule has 3 aromatic carbocycles. The maximum atomic E-state index is 12.5. The molecule has 9 nitrogen and oxygen atoms in total. The highest BCUT2D eigenvalue weighted by Crippen LogP contribution is 2.29. The van der Waals surface area contributed by atoms with Crippen LogP contribution < -0.4 is 10.2 Å². The molecule has 1 amide bonds. The Hall–Kier alpha value is -4.44. The Balaban J connectivity index is 1.46. The van der Waals surface area contributed by atoms with Crippen LogP contribution in [0, 0.1) is 6.92 Å². The minimum absolute atomic E-state index is 0.0885. The summed E-state index contributed by atoms with van der Waals surface area (Å²) >= 11 is 1.26. The minimum atomic E-state index is -0.414. The molecule has 1 heterocycles. The number of aryl methyl sites for hydroxylation is 1. The molecule has 0 atom stereocenters. The first-order chi connectivity index (χ1) is 18.0. The first kappa shape index (κ1) is 25.6. The highest BCUT2D eigenvalue weighted by molar-refractivity contribution is 7.99. The number of nitrogens with one attached hydrogen (secondary N) is 1. The van der Waals surface area contributed by atoms with E-state index < -0.39 is 5.97 Å². The summed E-state index contributed by atoms with van der Waals surface area (Å²) in [6.45, 7) is 2.02. The lowest BCUT2D eigenvalue weighted by Crippen LogP contribution is -2.20. The molecule has 188 valence electrons. The average molecular weight is 516 g/mol. The number of amides is 1. The molecule has 0 aliphatic heterocycles. The topological polar surface area (TPSA) is 108 Å². The van der Waals surface area contributed by atoms with E-state index in [1.165, 1.54) is 25.1 Å². The number of carbonyl (C=O) groups excluding carboxylic acids is 2. The molecular formula is C27H25N5O4S. The molecule has 0 saturated carbocycles. The predicted octanol–water partition coefficient (Wildman–Crippen LogP) is 4.28. The summed E-state index contributed by atoms with van der Waals surface area (Å²) in [5.41, 5.74) is 6.57. The van der Waals surface area contributed by atoms with Gasteiger partial charge in [0.05, 0.1) is 31.8 Å². The second kappa shape index (κ2) is 12.0. The lowest BCUT2D eigenvalue weighted by atomic mass is 10.1. The van der Waals surface area contributed by atoms with Crippen LogP contribution in [0.4, 0.5) is 0 Å². The molecule has 4 aromatic rings. The van der Waals surface area contributed by atoms with Gasteiger partial charge in [-0.15, -0.1) is 10.2 Å². The Labute approximate surface area is 218 Å². The summed E-state index contributed by atoms with van der Waals surface area (Å²) in [5, 5.41) is 13.3. The first-order valence-corrected chi connectivity index (χ1v) is 12.3. The average Bonchev–Trinajstić information content (AvgIpc) is 3.36. The van der Waals surface area contributed by atoms with Crippen LogP contribution >= 0.6 is 11.8 Å². The van der Waals surface area contributed by atoms with Gasteiger partial charge in [-0.25, -0.2) is 10.2 Å². The summed E-state index contributed by atoms with van der Waals surface area (Å²) < 4.78 is 11.9. The molecular weight excluding hydrogens is 490 g/mol. The summed E-state index contributed by atoms with van der Waals surface area (Å²) in [4.78, 5) is 24.0. The van der Waals surface area contributed by atoms with Gasteiger partial charge >= 0.3 is 5.97 Å². The number of hydrogen-bond acceptors (Lipinski definition) is 8. The van der Waals surface area contributed by atoms with Gasteiger partial charge in [0.15, 0.2) is 11.0 Å². The molecule has 10 heteroatoms. The Bertz CT molecular complexity index is 1400. The monoisotopic (exact) mass is 515 g/mol. The van der Waals surface area contributed by atoms with Crippen LogP contribution in [0.25, 0.3) is 17.1 Å². The molecule has 0 aliphatic rings. The Morgan fingerprint density at radius 2 is 1.68 bits per heavy atom. The number of carbonyl (C=O) groups is 2. The van der Waals surface area contributed by atoms with Gasteiger partial charge in [-0.3, -0.25) is 9.36 Å². The van der Waals surface area contributed by atoms with Gasteiger partial charge < -0.3 is 9.47 Å².